The van der Waals surface area contributed by atoms with E-state index in [9.17, 15) is 4.39 Å². The SMILES string of the molecule is CNCc1ccc(F)c(COc2ccc(OC)cc2Br)c1. The summed E-state index contributed by atoms with van der Waals surface area (Å²) in [6.45, 7) is 0.869. The van der Waals surface area contributed by atoms with Gasteiger partial charge in [-0.25, -0.2) is 4.39 Å². The lowest BCUT2D eigenvalue weighted by Gasteiger charge is -2.11. The topological polar surface area (TPSA) is 30.5 Å². The summed E-state index contributed by atoms with van der Waals surface area (Å²) in [5.41, 5.74) is 1.55. The number of ether oxygens (including phenoxy) is 2. The number of halogens is 2. The third-order valence-electron chi connectivity index (χ3n) is 3.01. The average Bonchev–Trinajstić information content (AvgIpc) is 2.49. The summed E-state index contributed by atoms with van der Waals surface area (Å²) < 4.78 is 25.4. The Kier molecular flexibility index (Phi) is 5.59. The Morgan fingerprint density at radius 2 is 2.00 bits per heavy atom. The number of hydrogen-bond acceptors (Lipinski definition) is 3. The Morgan fingerprint density at radius 1 is 1.19 bits per heavy atom. The molecule has 0 fully saturated rings. The van der Waals surface area contributed by atoms with E-state index in [0.29, 0.717) is 17.9 Å². The molecule has 0 unspecified atom stereocenters. The van der Waals surface area contributed by atoms with E-state index in [2.05, 4.69) is 21.2 Å². The van der Waals surface area contributed by atoms with Crippen LogP contribution in [0.5, 0.6) is 11.5 Å². The first-order valence-corrected chi connectivity index (χ1v) is 7.31. The van der Waals surface area contributed by atoms with E-state index in [-0.39, 0.29) is 12.4 Å². The second kappa shape index (κ2) is 7.43. The van der Waals surface area contributed by atoms with Gasteiger partial charge in [-0.1, -0.05) is 6.07 Å². The van der Waals surface area contributed by atoms with E-state index < -0.39 is 0 Å². The van der Waals surface area contributed by atoms with Gasteiger partial charge in [0.05, 0.1) is 11.6 Å². The molecule has 1 N–H and O–H groups in total. The van der Waals surface area contributed by atoms with Gasteiger partial charge in [-0.15, -0.1) is 0 Å². The minimum Gasteiger partial charge on any atom is -0.497 e. The molecule has 0 saturated heterocycles. The third kappa shape index (κ3) is 4.19. The number of benzene rings is 2. The van der Waals surface area contributed by atoms with Crippen LogP contribution in [0.15, 0.2) is 40.9 Å². The molecule has 0 amide bonds. The largest absolute Gasteiger partial charge is 0.497 e. The maximum Gasteiger partial charge on any atom is 0.134 e. The number of rotatable bonds is 6. The zero-order valence-corrected chi connectivity index (χ0v) is 13.5. The van der Waals surface area contributed by atoms with Gasteiger partial charge in [0.25, 0.3) is 0 Å². The smallest absolute Gasteiger partial charge is 0.134 e. The molecule has 0 aliphatic carbocycles. The second-order valence-corrected chi connectivity index (χ2v) is 5.40. The molecule has 2 aromatic rings. The maximum absolute atomic E-state index is 13.8. The third-order valence-corrected chi connectivity index (χ3v) is 3.63. The number of hydrogen-bond donors (Lipinski definition) is 1. The van der Waals surface area contributed by atoms with Crippen LogP contribution >= 0.6 is 15.9 Å². The summed E-state index contributed by atoms with van der Waals surface area (Å²) in [5, 5.41) is 3.04. The Balaban J connectivity index is 2.10. The molecule has 0 atom stereocenters. The summed E-state index contributed by atoms with van der Waals surface area (Å²) in [4.78, 5) is 0. The standard InChI is InChI=1S/C16H17BrFNO2/c1-19-9-11-3-5-15(18)12(7-11)10-21-16-6-4-13(20-2)8-14(16)17/h3-8,19H,9-10H2,1-2H3. The predicted octanol–water partition coefficient (Wildman–Crippen LogP) is 3.90. The van der Waals surface area contributed by atoms with Crippen molar-refractivity contribution < 1.29 is 13.9 Å². The van der Waals surface area contributed by atoms with E-state index in [0.717, 1.165) is 15.8 Å². The Bertz CT molecular complexity index is 619. The van der Waals surface area contributed by atoms with Gasteiger partial charge in [0.2, 0.25) is 0 Å². The molecule has 21 heavy (non-hydrogen) atoms. The predicted molar refractivity (Wildman–Crippen MR) is 84.2 cm³/mol. The highest BCUT2D eigenvalue weighted by Crippen LogP contribution is 2.29. The highest BCUT2D eigenvalue weighted by atomic mass is 79.9. The lowest BCUT2D eigenvalue weighted by Crippen LogP contribution is -2.07. The Labute approximate surface area is 132 Å². The van der Waals surface area contributed by atoms with Crippen LogP contribution in [0.25, 0.3) is 0 Å². The first-order valence-electron chi connectivity index (χ1n) is 6.52. The minimum atomic E-state index is -0.264. The van der Waals surface area contributed by atoms with Crippen LogP contribution in [0.2, 0.25) is 0 Å². The summed E-state index contributed by atoms with van der Waals surface area (Å²) in [7, 11) is 3.46. The van der Waals surface area contributed by atoms with Crippen LogP contribution in [0, 0.1) is 5.82 Å². The van der Waals surface area contributed by atoms with Gasteiger partial charge in [-0.05, 0) is 58.9 Å². The molecular weight excluding hydrogens is 337 g/mol. The van der Waals surface area contributed by atoms with E-state index in [1.165, 1.54) is 6.07 Å². The highest BCUT2D eigenvalue weighted by molar-refractivity contribution is 9.10. The lowest BCUT2D eigenvalue weighted by molar-refractivity contribution is 0.297. The molecule has 2 rings (SSSR count). The van der Waals surface area contributed by atoms with Crippen molar-refractivity contribution in [2.24, 2.45) is 0 Å². The number of nitrogens with one attached hydrogen (secondary N) is 1. The zero-order chi connectivity index (χ0) is 15.2. The van der Waals surface area contributed by atoms with Gasteiger partial charge in [0.15, 0.2) is 0 Å². The Morgan fingerprint density at radius 3 is 2.67 bits per heavy atom. The molecule has 0 aromatic heterocycles. The van der Waals surface area contributed by atoms with Crippen molar-refractivity contribution >= 4 is 15.9 Å². The maximum atomic E-state index is 13.8. The molecule has 0 heterocycles. The molecule has 3 nitrogen and oxygen atoms in total. The normalized spacial score (nSPS) is 10.5. The minimum absolute atomic E-state index is 0.175. The van der Waals surface area contributed by atoms with Gasteiger partial charge in [-0.2, -0.15) is 0 Å². The molecule has 5 heteroatoms. The quantitative estimate of drug-likeness (QED) is 0.854. The van der Waals surface area contributed by atoms with Crippen molar-refractivity contribution in [3.63, 3.8) is 0 Å². The molecule has 0 spiro atoms. The van der Waals surface area contributed by atoms with Gasteiger partial charge >= 0.3 is 0 Å². The fourth-order valence-corrected chi connectivity index (χ4v) is 2.41. The zero-order valence-electron chi connectivity index (χ0n) is 12.0. The van der Waals surface area contributed by atoms with Crippen LogP contribution in [-0.4, -0.2) is 14.2 Å². The molecular formula is C16H17BrFNO2. The fraction of sp³-hybridized carbons (Fsp3) is 0.250. The average molecular weight is 354 g/mol. The monoisotopic (exact) mass is 353 g/mol. The van der Waals surface area contributed by atoms with E-state index >= 15 is 0 Å². The van der Waals surface area contributed by atoms with Crippen LogP contribution in [0.3, 0.4) is 0 Å². The van der Waals surface area contributed by atoms with Gasteiger partial charge in [0, 0.05) is 12.1 Å². The van der Waals surface area contributed by atoms with Crippen molar-refractivity contribution in [1.82, 2.24) is 5.32 Å². The summed E-state index contributed by atoms with van der Waals surface area (Å²) in [6, 6.07) is 10.4. The molecule has 0 aliphatic rings. The van der Waals surface area contributed by atoms with Crippen molar-refractivity contribution in [2.75, 3.05) is 14.2 Å². The van der Waals surface area contributed by atoms with Crippen molar-refractivity contribution in [3.8, 4) is 11.5 Å². The number of methoxy groups -OCH3 is 1. The van der Waals surface area contributed by atoms with Crippen LogP contribution in [0.4, 0.5) is 4.39 Å². The highest BCUT2D eigenvalue weighted by Gasteiger charge is 2.07. The second-order valence-electron chi connectivity index (χ2n) is 4.54. The van der Waals surface area contributed by atoms with E-state index in [1.54, 1.807) is 25.3 Å². The van der Waals surface area contributed by atoms with Gasteiger partial charge in [-0.3, -0.25) is 0 Å². The molecule has 112 valence electrons. The van der Waals surface area contributed by atoms with E-state index in [1.807, 2.05) is 19.2 Å². The van der Waals surface area contributed by atoms with Crippen molar-refractivity contribution in [1.29, 1.82) is 0 Å². The first-order chi connectivity index (χ1) is 10.1. The Hall–Kier alpha value is -1.59. The molecule has 0 saturated carbocycles. The first kappa shape index (κ1) is 15.8. The van der Waals surface area contributed by atoms with E-state index in [4.69, 9.17) is 9.47 Å². The summed E-state index contributed by atoms with van der Waals surface area (Å²) in [6.07, 6.45) is 0. The molecule has 0 radical (unpaired) electrons. The lowest BCUT2D eigenvalue weighted by atomic mass is 10.1. The summed E-state index contributed by atoms with van der Waals surface area (Å²) >= 11 is 3.41. The van der Waals surface area contributed by atoms with Crippen molar-refractivity contribution in [3.05, 3.63) is 57.8 Å². The fourth-order valence-electron chi connectivity index (χ4n) is 1.93. The molecule has 0 bridgehead atoms. The summed E-state index contributed by atoms with van der Waals surface area (Å²) in [5.74, 6) is 1.12. The van der Waals surface area contributed by atoms with Gasteiger partial charge in [0.1, 0.15) is 23.9 Å². The van der Waals surface area contributed by atoms with Crippen LogP contribution in [0.1, 0.15) is 11.1 Å². The molecule has 2 aromatic carbocycles. The van der Waals surface area contributed by atoms with Gasteiger partial charge < -0.3 is 14.8 Å². The molecule has 0 aliphatic heterocycles. The van der Waals surface area contributed by atoms with Crippen LogP contribution in [-0.2, 0) is 13.2 Å². The van der Waals surface area contributed by atoms with Crippen molar-refractivity contribution in [2.45, 2.75) is 13.2 Å². The van der Waals surface area contributed by atoms with Crippen LogP contribution < -0.4 is 14.8 Å².